The smallest absolute Gasteiger partial charge is 0.262 e. The first-order chi connectivity index (χ1) is 13.8. The quantitative estimate of drug-likeness (QED) is 0.752. The Morgan fingerprint density at radius 3 is 2.72 bits per heavy atom. The summed E-state index contributed by atoms with van der Waals surface area (Å²) in [6.45, 7) is 7.72. The Bertz CT molecular complexity index is 925. The van der Waals surface area contributed by atoms with Crippen LogP contribution in [0.3, 0.4) is 0 Å². The van der Waals surface area contributed by atoms with E-state index in [0.29, 0.717) is 29.4 Å². The molecule has 2 aromatic rings. The lowest BCUT2D eigenvalue weighted by molar-refractivity contribution is -0.127. The summed E-state index contributed by atoms with van der Waals surface area (Å²) in [5.74, 6) is 0.106. The topological polar surface area (TPSA) is 67.9 Å². The van der Waals surface area contributed by atoms with E-state index in [1.54, 1.807) is 29.2 Å². The number of nitrogens with one attached hydrogen (secondary N) is 1. The van der Waals surface area contributed by atoms with E-state index in [1.165, 1.54) is 24.3 Å². The number of nitrogens with zero attached hydrogens (tertiary/aromatic N) is 1. The summed E-state index contributed by atoms with van der Waals surface area (Å²) in [5.41, 5.74) is 0.383. The van der Waals surface area contributed by atoms with Gasteiger partial charge in [-0.25, -0.2) is 4.39 Å². The largest absolute Gasteiger partial charge is 0.490 e. The van der Waals surface area contributed by atoms with E-state index in [2.05, 4.69) is 11.9 Å². The van der Waals surface area contributed by atoms with Crippen LogP contribution in [0.2, 0.25) is 0 Å². The molecule has 7 heteroatoms. The van der Waals surface area contributed by atoms with Gasteiger partial charge in [-0.15, -0.1) is 6.58 Å². The fourth-order valence-electron chi connectivity index (χ4n) is 2.91. The fourth-order valence-corrected chi connectivity index (χ4v) is 2.91. The molecule has 0 saturated carbocycles. The maximum absolute atomic E-state index is 12.9. The maximum atomic E-state index is 12.9. The van der Waals surface area contributed by atoms with Crippen molar-refractivity contribution in [1.82, 2.24) is 0 Å². The van der Waals surface area contributed by atoms with Gasteiger partial charge in [0, 0.05) is 12.2 Å². The number of ether oxygens (including phenoxy) is 2. The van der Waals surface area contributed by atoms with Crippen LogP contribution in [0.1, 0.15) is 13.8 Å². The van der Waals surface area contributed by atoms with Crippen LogP contribution in [-0.4, -0.2) is 31.6 Å². The molecular weight excluding hydrogens is 375 g/mol. The predicted octanol–water partition coefficient (Wildman–Crippen LogP) is 3.78. The molecule has 0 bridgehead atoms. The Kier molecular flexibility index (Phi) is 5.87. The van der Waals surface area contributed by atoms with Crippen LogP contribution in [0.25, 0.3) is 0 Å². The van der Waals surface area contributed by atoms with E-state index in [4.69, 9.17) is 9.47 Å². The number of anilines is 2. The Labute approximate surface area is 168 Å². The minimum absolute atomic E-state index is 0.0840. The number of rotatable bonds is 6. The van der Waals surface area contributed by atoms with Crippen molar-refractivity contribution in [2.24, 2.45) is 5.41 Å². The van der Waals surface area contributed by atoms with E-state index in [0.717, 1.165) is 0 Å². The van der Waals surface area contributed by atoms with E-state index < -0.39 is 5.41 Å². The fraction of sp³-hybridized carbons (Fsp3) is 0.273. The third-order valence-corrected chi connectivity index (χ3v) is 4.44. The summed E-state index contributed by atoms with van der Waals surface area (Å²) in [7, 11) is 0. The summed E-state index contributed by atoms with van der Waals surface area (Å²) in [4.78, 5) is 26.7. The van der Waals surface area contributed by atoms with Gasteiger partial charge in [0.1, 0.15) is 23.9 Å². The second kappa shape index (κ2) is 8.34. The first-order valence-corrected chi connectivity index (χ1v) is 9.18. The van der Waals surface area contributed by atoms with E-state index in [1.807, 2.05) is 13.8 Å². The molecule has 29 heavy (non-hydrogen) atoms. The molecule has 0 unspecified atom stereocenters. The Morgan fingerprint density at radius 1 is 1.31 bits per heavy atom. The number of hydrogen-bond donors (Lipinski definition) is 1. The Balaban J connectivity index is 1.74. The van der Waals surface area contributed by atoms with Crippen molar-refractivity contribution in [3.05, 3.63) is 60.9 Å². The van der Waals surface area contributed by atoms with Crippen molar-refractivity contribution in [3.63, 3.8) is 0 Å². The monoisotopic (exact) mass is 398 g/mol. The Morgan fingerprint density at radius 2 is 2.03 bits per heavy atom. The van der Waals surface area contributed by atoms with Gasteiger partial charge < -0.3 is 19.7 Å². The number of fused-ring (bicyclic) bond motifs is 1. The standard InChI is InChI=1S/C22H23FN2O4/c1-4-11-25-18-12-16(7-10-19(18)29-14-22(2,3)21(25)27)24-20(26)13-28-17-8-5-15(23)6-9-17/h4-10,12H,1,11,13-14H2,2-3H3,(H,24,26). The van der Waals surface area contributed by atoms with Gasteiger partial charge in [0.05, 0.1) is 11.1 Å². The number of hydrogen-bond acceptors (Lipinski definition) is 4. The average Bonchev–Trinajstić information content (AvgIpc) is 2.78. The first-order valence-electron chi connectivity index (χ1n) is 9.18. The van der Waals surface area contributed by atoms with Crippen molar-refractivity contribution in [1.29, 1.82) is 0 Å². The van der Waals surface area contributed by atoms with Crippen molar-refractivity contribution in [2.45, 2.75) is 13.8 Å². The van der Waals surface area contributed by atoms with Crippen LogP contribution in [0, 0.1) is 11.2 Å². The molecule has 0 aliphatic carbocycles. The third kappa shape index (κ3) is 4.74. The molecule has 6 nitrogen and oxygen atoms in total. The number of carbonyl (C=O) groups is 2. The number of benzene rings is 2. The molecule has 1 aliphatic rings. The van der Waals surface area contributed by atoms with E-state index in [-0.39, 0.29) is 30.8 Å². The minimum Gasteiger partial charge on any atom is -0.490 e. The van der Waals surface area contributed by atoms with Gasteiger partial charge >= 0.3 is 0 Å². The molecular formula is C22H23FN2O4. The molecule has 0 radical (unpaired) electrons. The highest BCUT2D eigenvalue weighted by Crippen LogP contribution is 2.38. The summed E-state index contributed by atoms with van der Waals surface area (Å²) in [6.07, 6.45) is 1.64. The van der Waals surface area contributed by atoms with Gasteiger partial charge in [-0.2, -0.15) is 0 Å². The zero-order valence-electron chi connectivity index (χ0n) is 16.4. The highest BCUT2D eigenvalue weighted by Gasteiger charge is 2.37. The summed E-state index contributed by atoms with van der Waals surface area (Å²) in [5, 5.41) is 2.73. The highest BCUT2D eigenvalue weighted by atomic mass is 19.1. The normalized spacial score (nSPS) is 15.0. The van der Waals surface area contributed by atoms with Gasteiger partial charge in [0.15, 0.2) is 6.61 Å². The molecule has 2 aromatic carbocycles. The van der Waals surface area contributed by atoms with Crippen LogP contribution in [0.4, 0.5) is 15.8 Å². The molecule has 0 aromatic heterocycles. The van der Waals surface area contributed by atoms with Gasteiger partial charge in [-0.1, -0.05) is 6.08 Å². The molecule has 152 valence electrons. The van der Waals surface area contributed by atoms with Crippen LogP contribution in [0.5, 0.6) is 11.5 Å². The van der Waals surface area contributed by atoms with Crippen molar-refractivity contribution < 1.29 is 23.5 Å². The molecule has 1 heterocycles. The van der Waals surface area contributed by atoms with Gasteiger partial charge in [-0.05, 0) is 56.3 Å². The summed E-state index contributed by atoms with van der Waals surface area (Å²) >= 11 is 0. The zero-order chi connectivity index (χ0) is 21.0. The second-order valence-electron chi connectivity index (χ2n) is 7.35. The van der Waals surface area contributed by atoms with Crippen molar-refractivity contribution >= 4 is 23.2 Å². The lowest BCUT2D eigenvalue weighted by atomic mass is 9.93. The zero-order valence-corrected chi connectivity index (χ0v) is 16.4. The number of halogens is 1. The van der Waals surface area contributed by atoms with E-state index >= 15 is 0 Å². The number of carbonyl (C=O) groups excluding carboxylic acids is 2. The molecule has 0 spiro atoms. The Hall–Kier alpha value is -3.35. The second-order valence-corrected chi connectivity index (χ2v) is 7.35. The SMILES string of the molecule is C=CCN1C(=O)C(C)(C)COc2ccc(NC(=O)COc3ccc(F)cc3)cc21. The molecule has 0 saturated heterocycles. The van der Waals surface area contributed by atoms with Gasteiger partial charge in [0.2, 0.25) is 5.91 Å². The van der Waals surface area contributed by atoms with Gasteiger partial charge in [0.25, 0.3) is 5.91 Å². The summed E-state index contributed by atoms with van der Waals surface area (Å²) in [6, 6.07) is 10.5. The molecule has 1 N–H and O–H groups in total. The molecule has 1 aliphatic heterocycles. The van der Waals surface area contributed by atoms with Crippen molar-refractivity contribution in [2.75, 3.05) is 30.0 Å². The molecule has 2 amide bonds. The van der Waals surface area contributed by atoms with Crippen LogP contribution in [0.15, 0.2) is 55.1 Å². The first kappa shape index (κ1) is 20.4. The lowest BCUT2D eigenvalue weighted by Gasteiger charge is -2.27. The van der Waals surface area contributed by atoms with Crippen molar-refractivity contribution in [3.8, 4) is 11.5 Å². The summed E-state index contributed by atoms with van der Waals surface area (Å²) < 4.78 is 24.1. The highest BCUT2D eigenvalue weighted by molar-refractivity contribution is 6.01. The lowest BCUT2D eigenvalue weighted by Crippen LogP contribution is -2.42. The van der Waals surface area contributed by atoms with Gasteiger partial charge in [-0.3, -0.25) is 9.59 Å². The average molecular weight is 398 g/mol. The predicted molar refractivity (Wildman–Crippen MR) is 109 cm³/mol. The maximum Gasteiger partial charge on any atom is 0.262 e. The number of amides is 2. The van der Waals surface area contributed by atoms with Crippen LogP contribution >= 0.6 is 0 Å². The minimum atomic E-state index is -0.686. The molecule has 0 atom stereocenters. The van der Waals surface area contributed by atoms with E-state index in [9.17, 15) is 14.0 Å². The van der Waals surface area contributed by atoms with Crippen LogP contribution in [-0.2, 0) is 9.59 Å². The molecule has 0 fully saturated rings. The van der Waals surface area contributed by atoms with Crippen LogP contribution < -0.4 is 19.7 Å². The molecule has 3 rings (SSSR count). The third-order valence-electron chi connectivity index (χ3n) is 4.44.